The number of amides is 1. The van der Waals surface area contributed by atoms with E-state index in [0.717, 1.165) is 16.5 Å². The summed E-state index contributed by atoms with van der Waals surface area (Å²) >= 11 is 5.91. The third kappa shape index (κ3) is 2.29. The Morgan fingerprint density at radius 3 is 2.76 bits per heavy atom. The van der Waals surface area contributed by atoms with Gasteiger partial charge in [0.1, 0.15) is 5.82 Å². The van der Waals surface area contributed by atoms with Gasteiger partial charge in [0.05, 0.1) is 16.3 Å². The number of pyridine rings is 1. The number of ketones is 1. The number of fused-ring (bicyclic) bond motifs is 1. The van der Waals surface area contributed by atoms with Crippen molar-refractivity contribution in [1.29, 1.82) is 0 Å². The average molecular weight is 305 g/mol. The lowest BCUT2D eigenvalue weighted by molar-refractivity contribution is -0.114. The van der Waals surface area contributed by atoms with Gasteiger partial charge in [-0.2, -0.15) is 0 Å². The second kappa shape index (κ2) is 5.26. The lowest BCUT2D eigenvalue weighted by atomic mass is 10.1. The van der Waals surface area contributed by atoms with Crippen LogP contribution in [0.2, 0.25) is 5.02 Å². The molecule has 0 unspecified atom stereocenters. The molecule has 1 aromatic carbocycles. The van der Waals surface area contributed by atoms with Gasteiger partial charge in [-0.25, -0.2) is 4.39 Å². The molecule has 106 valence electrons. The predicted octanol–water partition coefficient (Wildman–Crippen LogP) is 2.65. The number of carbonyl (C=O) groups is 2. The van der Waals surface area contributed by atoms with Gasteiger partial charge < -0.3 is 4.90 Å². The molecule has 2 aromatic rings. The Bertz CT molecular complexity index is 734. The lowest BCUT2D eigenvalue weighted by Gasteiger charge is -2.17. The van der Waals surface area contributed by atoms with Crippen LogP contribution in [-0.4, -0.2) is 23.2 Å². The standard InChI is InChI=1S/C15H10ClFN2O2/c16-10-3-4-11(17)13-12(10)14(20)15(21)19(13)7-5-9-2-1-6-18-8-9/h1-4,6,8H,5,7H2. The maximum absolute atomic E-state index is 14.0. The number of benzene rings is 1. The topological polar surface area (TPSA) is 50.3 Å². The highest BCUT2D eigenvalue weighted by Gasteiger charge is 2.39. The molecule has 0 atom stereocenters. The summed E-state index contributed by atoms with van der Waals surface area (Å²) in [6.07, 6.45) is 3.78. The van der Waals surface area contributed by atoms with Crippen LogP contribution >= 0.6 is 11.6 Å². The highest BCUT2D eigenvalue weighted by atomic mass is 35.5. The Kier molecular flexibility index (Phi) is 3.43. The van der Waals surface area contributed by atoms with Gasteiger partial charge in [0, 0.05) is 18.9 Å². The molecule has 3 rings (SSSR count). The van der Waals surface area contributed by atoms with Crippen LogP contribution in [0.25, 0.3) is 0 Å². The first-order valence-corrected chi connectivity index (χ1v) is 6.70. The van der Waals surface area contributed by atoms with Crippen molar-refractivity contribution >= 4 is 29.0 Å². The molecule has 1 amide bonds. The highest BCUT2D eigenvalue weighted by Crippen LogP contribution is 2.36. The fourth-order valence-electron chi connectivity index (χ4n) is 2.35. The molecule has 0 aliphatic carbocycles. The van der Waals surface area contributed by atoms with E-state index < -0.39 is 17.5 Å². The average Bonchev–Trinajstić information content (AvgIpc) is 2.75. The summed E-state index contributed by atoms with van der Waals surface area (Å²) in [7, 11) is 0. The summed E-state index contributed by atoms with van der Waals surface area (Å²) in [6.45, 7) is 0.195. The van der Waals surface area contributed by atoms with Gasteiger partial charge in [-0.05, 0) is 30.2 Å². The molecule has 1 aliphatic rings. The summed E-state index contributed by atoms with van der Waals surface area (Å²) in [5, 5.41) is 0.0913. The molecular weight excluding hydrogens is 295 g/mol. The van der Waals surface area contributed by atoms with Crippen molar-refractivity contribution in [1.82, 2.24) is 4.98 Å². The van der Waals surface area contributed by atoms with Gasteiger partial charge in [-0.1, -0.05) is 17.7 Å². The van der Waals surface area contributed by atoms with Crippen LogP contribution in [0, 0.1) is 5.82 Å². The number of nitrogens with zero attached hydrogens (tertiary/aromatic N) is 2. The first-order chi connectivity index (χ1) is 10.1. The Morgan fingerprint density at radius 1 is 1.24 bits per heavy atom. The molecule has 0 bridgehead atoms. The smallest absolute Gasteiger partial charge is 0.299 e. The fraction of sp³-hybridized carbons (Fsp3) is 0.133. The molecule has 1 aromatic heterocycles. The number of rotatable bonds is 3. The molecule has 4 nitrogen and oxygen atoms in total. The molecule has 0 N–H and O–H groups in total. The predicted molar refractivity (Wildman–Crippen MR) is 76.0 cm³/mol. The molecule has 2 heterocycles. The zero-order valence-corrected chi connectivity index (χ0v) is 11.6. The third-order valence-corrected chi connectivity index (χ3v) is 3.68. The Balaban J connectivity index is 1.93. The fourth-order valence-corrected chi connectivity index (χ4v) is 2.59. The SMILES string of the molecule is O=C1C(=O)N(CCc2cccnc2)c2c(F)ccc(Cl)c21. The van der Waals surface area contributed by atoms with Crippen molar-refractivity contribution in [2.24, 2.45) is 0 Å². The van der Waals surface area contributed by atoms with Gasteiger partial charge in [0.25, 0.3) is 11.7 Å². The van der Waals surface area contributed by atoms with Crippen LogP contribution in [-0.2, 0) is 11.2 Å². The van der Waals surface area contributed by atoms with Crippen LogP contribution in [0.1, 0.15) is 15.9 Å². The minimum absolute atomic E-state index is 0.0265. The molecule has 0 radical (unpaired) electrons. The maximum atomic E-state index is 14.0. The number of anilines is 1. The van der Waals surface area contributed by atoms with Gasteiger partial charge in [0.15, 0.2) is 0 Å². The second-order valence-corrected chi connectivity index (χ2v) is 5.06. The summed E-state index contributed by atoms with van der Waals surface area (Å²) in [5.74, 6) is -2.14. The van der Waals surface area contributed by atoms with Crippen molar-refractivity contribution in [3.8, 4) is 0 Å². The van der Waals surface area contributed by atoms with Gasteiger partial charge in [-0.15, -0.1) is 0 Å². The first-order valence-electron chi connectivity index (χ1n) is 6.32. The Morgan fingerprint density at radius 2 is 2.05 bits per heavy atom. The molecule has 0 saturated heterocycles. The van der Waals surface area contributed by atoms with Gasteiger partial charge >= 0.3 is 0 Å². The Labute approximate surface area is 125 Å². The summed E-state index contributed by atoms with van der Waals surface area (Å²) in [6, 6.07) is 6.07. The molecule has 0 saturated carbocycles. The van der Waals surface area contributed by atoms with Crippen molar-refractivity contribution in [2.45, 2.75) is 6.42 Å². The monoisotopic (exact) mass is 304 g/mol. The number of hydrogen-bond donors (Lipinski definition) is 0. The Hall–Kier alpha value is -2.27. The summed E-state index contributed by atoms with van der Waals surface area (Å²) in [4.78, 5) is 29.1. The minimum Gasteiger partial charge on any atom is -0.302 e. The van der Waals surface area contributed by atoms with E-state index in [4.69, 9.17) is 11.6 Å². The second-order valence-electron chi connectivity index (χ2n) is 4.65. The molecule has 0 fully saturated rings. The van der Waals surface area contributed by atoms with E-state index in [1.54, 1.807) is 18.5 Å². The molecule has 6 heteroatoms. The molecule has 0 spiro atoms. The van der Waals surface area contributed by atoms with Crippen LogP contribution in [0.4, 0.5) is 10.1 Å². The van der Waals surface area contributed by atoms with Crippen molar-refractivity contribution in [3.63, 3.8) is 0 Å². The van der Waals surface area contributed by atoms with E-state index in [1.807, 2.05) is 6.07 Å². The summed E-state index contributed by atoms with van der Waals surface area (Å²) in [5.41, 5.74) is 0.822. The van der Waals surface area contributed by atoms with E-state index in [0.29, 0.717) is 6.42 Å². The van der Waals surface area contributed by atoms with Crippen LogP contribution < -0.4 is 4.90 Å². The lowest BCUT2D eigenvalue weighted by Crippen LogP contribution is -2.32. The number of carbonyl (C=O) groups excluding carboxylic acids is 2. The third-order valence-electron chi connectivity index (χ3n) is 3.36. The largest absolute Gasteiger partial charge is 0.302 e. The van der Waals surface area contributed by atoms with Gasteiger partial charge in [0.2, 0.25) is 0 Å². The first kappa shape index (κ1) is 13.7. The molecular formula is C15H10ClFN2O2. The number of Topliss-reactive ketones (excluding diaryl/α,β-unsaturated/α-hetero) is 1. The number of hydrogen-bond acceptors (Lipinski definition) is 3. The van der Waals surface area contributed by atoms with E-state index >= 15 is 0 Å². The van der Waals surface area contributed by atoms with E-state index in [-0.39, 0.29) is 22.8 Å². The number of aromatic nitrogens is 1. The minimum atomic E-state index is -0.763. The highest BCUT2D eigenvalue weighted by molar-refractivity contribution is 6.55. The van der Waals surface area contributed by atoms with Crippen LogP contribution in [0.5, 0.6) is 0 Å². The van der Waals surface area contributed by atoms with E-state index in [9.17, 15) is 14.0 Å². The number of halogens is 2. The van der Waals surface area contributed by atoms with E-state index in [1.165, 1.54) is 6.07 Å². The van der Waals surface area contributed by atoms with Crippen LogP contribution in [0.3, 0.4) is 0 Å². The van der Waals surface area contributed by atoms with E-state index in [2.05, 4.69) is 4.98 Å². The zero-order chi connectivity index (χ0) is 15.0. The maximum Gasteiger partial charge on any atom is 0.299 e. The quantitative estimate of drug-likeness (QED) is 0.819. The zero-order valence-electron chi connectivity index (χ0n) is 10.8. The normalized spacial score (nSPS) is 13.7. The van der Waals surface area contributed by atoms with Crippen molar-refractivity contribution in [3.05, 3.63) is 58.6 Å². The summed E-state index contributed by atoms with van der Waals surface area (Å²) < 4.78 is 14.0. The molecule has 1 aliphatic heterocycles. The van der Waals surface area contributed by atoms with Gasteiger partial charge in [-0.3, -0.25) is 14.6 Å². The van der Waals surface area contributed by atoms with Crippen LogP contribution in [0.15, 0.2) is 36.7 Å². The van der Waals surface area contributed by atoms with Crippen molar-refractivity contribution in [2.75, 3.05) is 11.4 Å². The molecule has 21 heavy (non-hydrogen) atoms. The van der Waals surface area contributed by atoms with Crippen molar-refractivity contribution < 1.29 is 14.0 Å².